The first kappa shape index (κ1) is 13.4. The van der Waals surface area contributed by atoms with Crippen LogP contribution in [0, 0.1) is 0 Å². The number of aryl methyl sites for hydroxylation is 2. The van der Waals surface area contributed by atoms with E-state index in [1.165, 1.54) is 5.56 Å². The van der Waals surface area contributed by atoms with Crippen LogP contribution in [0.2, 0.25) is 0 Å². The Morgan fingerprint density at radius 1 is 1.16 bits per heavy atom. The number of carbonyl (C=O) groups is 1. The van der Waals surface area contributed by atoms with Crippen LogP contribution in [0.3, 0.4) is 0 Å². The molecule has 2 aromatic heterocycles. The minimum Gasteiger partial charge on any atom is -0.299 e. The van der Waals surface area contributed by atoms with Gasteiger partial charge >= 0.3 is 0 Å². The first-order valence-electron chi connectivity index (χ1n) is 6.62. The highest BCUT2D eigenvalue weighted by Gasteiger charge is 2.05. The Kier molecular flexibility index (Phi) is 4.78. The van der Waals surface area contributed by atoms with E-state index in [-0.39, 0.29) is 5.78 Å². The van der Waals surface area contributed by atoms with Gasteiger partial charge in [0.25, 0.3) is 0 Å². The van der Waals surface area contributed by atoms with Crippen molar-refractivity contribution in [2.24, 2.45) is 0 Å². The van der Waals surface area contributed by atoms with E-state index in [0.29, 0.717) is 12.8 Å². The summed E-state index contributed by atoms with van der Waals surface area (Å²) in [7, 11) is 0. The zero-order chi connectivity index (χ0) is 13.5. The van der Waals surface area contributed by atoms with Crippen LogP contribution in [0.4, 0.5) is 0 Å². The molecule has 0 spiro atoms. The van der Waals surface area contributed by atoms with Crippen molar-refractivity contribution < 1.29 is 4.79 Å². The maximum atomic E-state index is 11.9. The number of rotatable bonds is 6. The lowest BCUT2D eigenvalue weighted by Gasteiger charge is -2.02. The maximum Gasteiger partial charge on any atom is 0.139 e. The second-order valence-electron chi connectivity index (χ2n) is 4.59. The summed E-state index contributed by atoms with van der Waals surface area (Å²) in [4.78, 5) is 20.2. The fourth-order valence-electron chi connectivity index (χ4n) is 1.89. The van der Waals surface area contributed by atoms with E-state index in [1.54, 1.807) is 6.20 Å². The van der Waals surface area contributed by atoms with Crippen molar-refractivity contribution in [2.75, 3.05) is 0 Å². The molecule has 0 aliphatic rings. The molecule has 0 aliphatic heterocycles. The zero-order valence-electron chi connectivity index (χ0n) is 11.2. The van der Waals surface area contributed by atoms with Crippen molar-refractivity contribution in [3.05, 3.63) is 59.7 Å². The Bertz CT molecular complexity index is 520. The first-order valence-corrected chi connectivity index (χ1v) is 6.62. The summed E-state index contributed by atoms with van der Waals surface area (Å²) in [6, 6.07) is 7.87. The standard InChI is InChI=1S/C16H18N2O/c1-2-13-5-7-15(18-12-13)10-16(19)8-6-14-4-3-9-17-11-14/h3-5,7,9,11-12H,2,6,8,10H2,1H3. The summed E-state index contributed by atoms with van der Waals surface area (Å²) in [6.07, 6.45) is 8.09. The van der Waals surface area contributed by atoms with Gasteiger partial charge in [0.2, 0.25) is 0 Å². The monoisotopic (exact) mass is 254 g/mol. The van der Waals surface area contributed by atoms with Gasteiger partial charge in [0.1, 0.15) is 5.78 Å². The highest BCUT2D eigenvalue weighted by atomic mass is 16.1. The van der Waals surface area contributed by atoms with Gasteiger partial charge in [-0.25, -0.2) is 0 Å². The number of ketones is 1. The zero-order valence-corrected chi connectivity index (χ0v) is 11.2. The largest absolute Gasteiger partial charge is 0.299 e. The molecule has 2 rings (SSSR count). The average Bonchev–Trinajstić information content (AvgIpc) is 2.47. The van der Waals surface area contributed by atoms with Gasteiger partial charge in [-0.05, 0) is 36.1 Å². The van der Waals surface area contributed by atoms with Gasteiger partial charge in [-0.1, -0.05) is 19.1 Å². The molecule has 3 nitrogen and oxygen atoms in total. The second kappa shape index (κ2) is 6.78. The molecule has 0 aliphatic carbocycles. The number of hydrogen-bond donors (Lipinski definition) is 0. The molecular weight excluding hydrogens is 236 g/mol. The molecule has 2 heterocycles. The lowest BCUT2D eigenvalue weighted by molar-refractivity contribution is -0.118. The van der Waals surface area contributed by atoms with Gasteiger partial charge in [0.15, 0.2) is 0 Å². The van der Waals surface area contributed by atoms with Gasteiger partial charge in [-0.15, -0.1) is 0 Å². The van der Waals surface area contributed by atoms with Crippen molar-refractivity contribution in [3.63, 3.8) is 0 Å². The Morgan fingerprint density at radius 2 is 2.05 bits per heavy atom. The lowest BCUT2D eigenvalue weighted by atomic mass is 10.1. The molecule has 0 N–H and O–H groups in total. The van der Waals surface area contributed by atoms with Gasteiger partial charge in [0.05, 0.1) is 0 Å². The van der Waals surface area contributed by atoms with Gasteiger partial charge in [-0.2, -0.15) is 0 Å². The van der Waals surface area contributed by atoms with Gasteiger partial charge in [-0.3, -0.25) is 14.8 Å². The van der Waals surface area contributed by atoms with Crippen LogP contribution < -0.4 is 0 Å². The molecular formula is C16H18N2O. The van der Waals surface area contributed by atoms with Gasteiger partial charge in [0, 0.05) is 37.1 Å². The SMILES string of the molecule is CCc1ccc(CC(=O)CCc2cccnc2)nc1. The normalized spacial score (nSPS) is 10.4. The van der Waals surface area contributed by atoms with E-state index in [0.717, 1.165) is 24.1 Å². The fraction of sp³-hybridized carbons (Fsp3) is 0.312. The molecule has 0 bridgehead atoms. The number of hydrogen-bond acceptors (Lipinski definition) is 3. The second-order valence-corrected chi connectivity index (χ2v) is 4.59. The fourth-order valence-corrected chi connectivity index (χ4v) is 1.89. The average molecular weight is 254 g/mol. The molecule has 0 fully saturated rings. The molecule has 3 heteroatoms. The Morgan fingerprint density at radius 3 is 2.68 bits per heavy atom. The molecule has 0 atom stereocenters. The molecule has 98 valence electrons. The molecule has 0 radical (unpaired) electrons. The molecule has 2 aromatic rings. The molecule has 0 unspecified atom stereocenters. The summed E-state index contributed by atoms with van der Waals surface area (Å²) < 4.78 is 0. The molecule has 0 saturated heterocycles. The van der Waals surface area contributed by atoms with E-state index in [9.17, 15) is 4.79 Å². The third-order valence-electron chi connectivity index (χ3n) is 3.09. The number of Topliss-reactive ketones (excluding diaryl/α,β-unsaturated/α-hetero) is 1. The number of nitrogens with zero attached hydrogens (tertiary/aromatic N) is 2. The molecule has 0 amide bonds. The van der Waals surface area contributed by atoms with Crippen molar-refractivity contribution >= 4 is 5.78 Å². The highest BCUT2D eigenvalue weighted by Crippen LogP contribution is 2.06. The lowest BCUT2D eigenvalue weighted by Crippen LogP contribution is -2.06. The van der Waals surface area contributed by atoms with Crippen molar-refractivity contribution in [1.29, 1.82) is 0 Å². The van der Waals surface area contributed by atoms with E-state index >= 15 is 0 Å². The Hall–Kier alpha value is -2.03. The van der Waals surface area contributed by atoms with Crippen LogP contribution in [-0.2, 0) is 24.1 Å². The van der Waals surface area contributed by atoms with E-state index in [1.807, 2.05) is 36.7 Å². The number of carbonyl (C=O) groups excluding carboxylic acids is 1. The summed E-state index contributed by atoms with van der Waals surface area (Å²) in [5.74, 6) is 0.223. The summed E-state index contributed by atoms with van der Waals surface area (Å²) in [5.41, 5.74) is 3.16. The molecule has 19 heavy (non-hydrogen) atoms. The minimum atomic E-state index is 0.223. The summed E-state index contributed by atoms with van der Waals surface area (Å²) in [6.45, 7) is 2.09. The van der Waals surface area contributed by atoms with Crippen molar-refractivity contribution in [1.82, 2.24) is 9.97 Å². The topological polar surface area (TPSA) is 42.9 Å². The van der Waals surface area contributed by atoms with E-state index < -0.39 is 0 Å². The Labute approximate surface area is 113 Å². The quantitative estimate of drug-likeness (QED) is 0.796. The van der Waals surface area contributed by atoms with Crippen LogP contribution >= 0.6 is 0 Å². The highest BCUT2D eigenvalue weighted by molar-refractivity contribution is 5.80. The van der Waals surface area contributed by atoms with Crippen LogP contribution in [0.25, 0.3) is 0 Å². The summed E-state index contributed by atoms with van der Waals surface area (Å²) >= 11 is 0. The van der Waals surface area contributed by atoms with E-state index in [2.05, 4.69) is 16.9 Å². The first-order chi connectivity index (χ1) is 9.28. The smallest absolute Gasteiger partial charge is 0.139 e. The summed E-state index contributed by atoms with van der Waals surface area (Å²) in [5, 5.41) is 0. The van der Waals surface area contributed by atoms with Gasteiger partial charge < -0.3 is 0 Å². The van der Waals surface area contributed by atoms with E-state index in [4.69, 9.17) is 0 Å². The van der Waals surface area contributed by atoms with Crippen LogP contribution in [0.5, 0.6) is 0 Å². The third-order valence-corrected chi connectivity index (χ3v) is 3.09. The third kappa shape index (κ3) is 4.28. The molecule has 0 saturated carbocycles. The number of pyridine rings is 2. The number of aromatic nitrogens is 2. The van der Waals surface area contributed by atoms with Crippen molar-refractivity contribution in [2.45, 2.75) is 32.6 Å². The maximum absolute atomic E-state index is 11.9. The van der Waals surface area contributed by atoms with Crippen LogP contribution in [-0.4, -0.2) is 15.8 Å². The van der Waals surface area contributed by atoms with Crippen molar-refractivity contribution in [3.8, 4) is 0 Å². The predicted molar refractivity (Wildman–Crippen MR) is 74.9 cm³/mol. The molecule has 0 aromatic carbocycles. The predicted octanol–water partition coefficient (Wildman–Crippen LogP) is 2.78. The van der Waals surface area contributed by atoms with Crippen LogP contribution in [0.15, 0.2) is 42.9 Å². The minimum absolute atomic E-state index is 0.223. The Balaban J connectivity index is 1.83. The van der Waals surface area contributed by atoms with Crippen LogP contribution in [0.1, 0.15) is 30.2 Å².